The number of aromatic nitrogens is 3. The molecular formula is C53H37N3. The molecule has 0 unspecified atom stereocenters. The van der Waals surface area contributed by atoms with Gasteiger partial charge in [0.2, 0.25) is 0 Å². The molecule has 3 heteroatoms. The van der Waals surface area contributed by atoms with Crippen LogP contribution in [0.15, 0.2) is 188 Å². The van der Waals surface area contributed by atoms with Crippen molar-refractivity contribution in [3.8, 4) is 50.6 Å². The summed E-state index contributed by atoms with van der Waals surface area (Å²) >= 11 is 0. The van der Waals surface area contributed by atoms with Gasteiger partial charge in [-0.3, -0.25) is 0 Å². The fraction of sp³-hybridized carbons (Fsp3) is 0.0189. The highest BCUT2D eigenvalue weighted by Gasteiger charge is 2.15. The van der Waals surface area contributed by atoms with Crippen LogP contribution in [0.3, 0.4) is 0 Å². The summed E-state index contributed by atoms with van der Waals surface area (Å²) in [7, 11) is 0. The molecule has 0 aliphatic carbocycles. The molecule has 2 aromatic heterocycles. The summed E-state index contributed by atoms with van der Waals surface area (Å²) in [5.41, 5.74) is 10.9. The highest BCUT2D eigenvalue weighted by Crippen LogP contribution is 2.33. The Morgan fingerprint density at radius 1 is 0.482 bits per heavy atom. The molecule has 2 heterocycles. The monoisotopic (exact) mass is 715 g/mol. The molecule has 56 heavy (non-hydrogen) atoms. The highest BCUT2D eigenvalue weighted by atomic mass is 15.0. The molecule has 0 aliphatic rings. The molecule has 0 aliphatic heterocycles. The molecule has 0 radical (unpaired) electrons. The molecule has 3 nitrogen and oxygen atoms in total. The third-order valence-corrected chi connectivity index (χ3v) is 10.9. The Hall–Kier alpha value is -7.36. The Labute approximate surface area is 325 Å². The van der Waals surface area contributed by atoms with Gasteiger partial charge in [-0.2, -0.15) is 0 Å². The summed E-state index contributed by atoms with van der Waals surface area (Å²) in [5.74, 6) is 0.697. The van der Waals surface area contributed by atoms with E-state index in [0.717, 1.165) is 54.7 Å². The van der Waals surface area contributed by atoms with E-state index >= 15 is 0 Å². The molecule has 0 atom stereocenters. The Morgan fingerprint density at radius 3 is 1.75 bits per heavy atom. The van der Waals surface area contributed by atoms with Crippen molar-refractivity contribution in [3.63, 3.8) is 0 Å². The van der Waals surface area contributed by atoms with Crippen molar-refractivity contribution in [2.45, 2.75) is 6.92 Å². The zero-order valence-corrected chi connectivity index (χ0v) is 31.0. The Bertz CT molecular complexity index is 3290. The zero-order valence-electron chi connectivity index (χ0n) is 31.0. The number of hydrogen-bond acceptors (Lipinski definition) is 2. The second kappa shape index (κ2) is 13.8. The number of hydrogen-bond donors (Lipinski definition) is 0. The van der Waals surface area contributed by atoms with Crippen molar-refractivity contribution in [2.75, 3.05) is 0 Å². The van der Waals surface area contributed by atoms with Gasteiger partial charge in [-0.1, -0.05) is 164 Å². The first kappa shape index (κ1) is 33.2. The van der Waals surface area contributed by atoms with Crippen molar-refractivity contribution in [1.29, 1.82) is 0 Å². The lowest BCUT2D eigenvalue weighted by Crippen LogP contribution is -2.16. The van der Waals surface area contributed by atoms with Gasteiger partial charge in [0.05, 0.1) is 22.1 Å². The Balaban J connectivity index is 1.06. The lowest BCUT2D eigenvalue weighted by molar-refractivity contribution is 1.06. The molecule has 10 rings (SSSR count). The molecular weight excluding hydrogens is 679 g/mol. The van der Waals surface area contributed by atoms with Crippen LogP contribution in [0, 0.1) is 10.4 Å². The van der Waals surface area contributed by atoms with Crippen molar-refractivity contribution < 1.29 is 0 Å². The molecule has 264 valence electrons. The van der Waals surface area contributed by atoms with Gasteiger partial charge >= 0.3 is 0 Å². The minimum atomic E-state index is 0.697. The highest BCUT2D eigenvalue weighted by molar-refractivity contribution is 6.07. The van der Waals surface area contributed by atoms with Crippen LogP contribution >= 0.6 is 0 Å². The van der Waals surface area contributed by atoms with E-state index < -0.39 is 0 Å². The van der Waals surface area contributed by atoms with Crippen LogP contribution in [0.25, 0.3) is 95.8 Å². The predicted molar refractivity (Wildman–Crippen MR) is 235 cm³/mol. The minimum absolute atomic E-state index is 0.697. The average molecular weight is 716 g/mol. The largest absolute Gasteiger partial charge is 0.310 e. The first-order valence-electron chi connectivity index (χ1n) is 19.1. The maximum atomic E-state index is 5.23. The normalized spacial score (nSPS) is 12.5. The number of rotatable bonds is 5. The summed E-state index contributed by atoms with van der Waals surface area (Å²) in [5, 5.41) is 9.20. The van der Waals surface area contributed by atoms with Crippen molar-refractivity contribution in [2.24, 2.45) is 0 Å². The minimum Gasteiger partial charge on any atom is -0.310 e. The van der Waals surface area contributed by atoms with Gasteiger partial charge in [0.1, 0.15) is 0 Å². The van der Waals surface area contributed by atoms with Crippen LogP contribution in [0.2, 0.25) is 0 Å². The molecule has 0 saturated carbocycles. The third-order valence-electron chi connectivity index (χ3n) is 10.9. The maximum Gasteiger partial charge on any atom is 0.160 e. The molecule has 0 bridgehead atoms. The Morgan fingerprint density at radius 2 is 1.05 bits per heavy atom. The lowest BCUT2D eigenvalue weighted by atomic mass is 9.98. The smallest absolute Gasteiger partial charge is 0.160 e. The summed E-state index contributed by atoms with van der Waals surface area (Å²) in [6.07, 6.45) is 2.22. The second-order valence-electron chi connectivity index (χ2n) is 14.2. The summed E-state index contributed by atoms with van der Waals surface area (Å²) in [6, 6.07) is 66.5. The number of para-hydroxylation sites is 1. The molecule has 8 aromatic carbocycles. The topological polar surface area (TPSA) is 30.7 Å². The van der Waals surface area contributed by atoms with Gasteiger partial charge in [0.25, 0.3) is 0 Å². The van der Waals surface area contributed by atoms with Crippen LogP contribution in [0.4, 0.5) is 0 Å². The zero-order chi connectivity index (χ0) is 37.6. The van der Waals surface area contributed by atoms with Gasteiger partial charge < -0.3 is 4.57 Å². The van der Waals surface area contributed by atoms with E-state index in [2.05, 4.69) is 200 Å². The predicted octanol–water partition coefficient (Wildman–Crippen LogP) is 11.9. The summed E-state index contributed by atoms with van der Waals surface area (Å²) in [6.45, 7) is 6.55. The van der Waals surface area contributed by atoms with Gasteiger partial charge in [0, 0.05) is 32.8 Å². The van der Waals surface area contributed by atoms with Crippen molar-refractivity contribution in [3.05, 3.63) is 209 Å². The maximum absolute atomic E-state index is 5.23. The van der Waals surface area contributed by atoms with E-state index in [1.54, 1.807) is 0 Å². The third kappa shape index (κ3) is 5.69. The second-order valence-corrected chi connectivity index (χ2v) is 14.2. The van der Waals surface area contributed by atoms with Gasteiger partial charge in [-0.25, -0.2) is 9.97 Å². The van der Waals surface area contributed by atoms with E-state index in [1.165, 1.54) is 43.6 Å². The molecule has 0 saturated heterocycles. The molecule has 10 aromatic rings. The quantitative estimate of drug-likeness (QED) is 0.178. The SMILES string of the molecule is C=c1cccc/c1=c1/c(=C\C)n(-c2ccc(-c3nc(-c4ccc(-c5ccc(-c6ccccc6)cc5)cc4)c4ccccc4n3)cc2)c2ccc3ccccc3c12. The first-order valence-corrected chi connectivity index (χ1v) is 19.1. The fourth-order valence-corrected chi connectivity index (χ4v) is 8.16. The fourth-order valence-electron chi connectivity index (χ4n) is 8.16. The summed E-state index contributed by atoms with van der Waals surface area (Å²) in [4.78, 5) is 10.3. The van der Waals surface area contributed by atoms with Crippen LogP contribution in [-0.4, -0.2) is 14.5 Å². The standard InChI is InChI=1S/C53H37N3/c1-3-48-50(44-17-9-7-13-35(44)2)51-45-18-10-8-16-40(45)31-34-49(51)56(48)43-32-29-42(30-33-43)53-54-47-20-12-11-19-46(47)52(55-53)41-27-25-39(26-28-41)38-23-21-37(22-24-38)36-14-5-4-6-15-36/h3-34H,2H2,1H3/b48-3+,50-44+. The summed E-state index contributed by atoms with van der Waals surface area (Å²) < 4.78 is 2.37. The Kier molecular flexibility index (Phi) is 8.19. The number of fused-ring (bicyclic) bond motifs is 4. The van der Waals surface area contributed by atoms with Crippen LogP contribution in [0.1, 0.15) is 6.92 Å². The van der Waals surface area contributed by atoms with E-state index in [-0.39, 0.29) is 0 Å². The number of nitrogens with zero attached hydrogens (tertiary/aromatic N) is 3. The van der Waals surface area contributed by atoms with Crippen LogP contribution in [-0.2, 0) is 0 Å². The van der Waals surface area contributed by atoms with Crippen molar-refractivity contribution in [1.82, 2.24) is 14.5 Å². The molecule has 0 fully saturated rings. The van der Waals surface area contributed by atoms with E-state index in [1.807, 2.05) is 12.1 Å². The average Bonchev–Trinajstić information content (AvgIpc) is 3.61. The number of benzene rings is 8. The van der Waals surface area contributed by atoms with Crippen LogP contribution < -0.4 is 10.6 Å². The van der Waals surface area contributed by atoms with Gasteiger partial charge in [-0.05, 0) is 86.8 Å². The first-order chi connectivity index (χ1) is 27.6. The lowest BCUT2D eigenvalue weighted by Gasteiger charge is -2.12. The van der Waals surface area contributed by atoms with E-state index in [0.29, 0.717) is 5.82 Å². The van der Waals surface area contributed by atoms with Crippen molar-refractivity contribution >= 4 is 45.2 Å². The van der Waals surface area contributed by atoms with E-state index in [4.69, 9.17) is 9.97 Å². The van der Waals surface area contributed by atoms with Gasteiger partial charge in [0.15, 0.2) is 5.82 Å². The van der Waals surface area contributed by atoms with Gasteiger partial charge in [-0.15, -0.1) is 0 Å². The van der Waals surface area contributed by atoms with E-state index in [9.17, 15) is 0 Å². The molecule has 0 spiro atoms. The van der Waals surface area contributed by atoms with Crippen LogP contribution in [0.5, 0.6) is 0 Å². The molecule has 0 N–H and O–H groups in total. The molecule has 0 amide bonds.